The largest absolute Gasteiger partial charge is 0.368 e. The van der Waals surface area contributed by atoms with Gasteiger partial charge in [-0.1, -0.05) is 6.92 Å². The van der Waals surface area contributed by atoms with Gasteiger partial charge in [0.15, 0.2) is 0 Å². The van der Waals surface area contributed by atoms with Crippen molar-refractivity contribution < 1.29 is 9.53 Å². The summed E-state index contributed by atoms with van der Waals surface area (Å²) >= 11 is 3.33. The number of nitriles is 1. The zero-order chi connectivity index (χ0) is 13.1. The number of hydrogen-bond acceptors (Lipinski definition) is 3. The van der Waals surface area contributed by atoms with Crippen molar-refractivity contribution in [2.45, 2.75) is 19.4 Å². The standard InChI is InChI=1S/C13H13BrN2O2/c1-8-4-5-18-12(8)13(17)16-11-3-2-9(7-15)6-10(11)14/h2-3,6,8,12H,4-5H2,1H3,(H,16,17). The van der Waals surface area contributed by atoms with Crippen LogP contribution in [0.25, 0.3) is 0 Å². The van der Waals surface area contributed by atoms with Crippen molar-refractivity contribution in [2.24, 2.45) is 5.92 Å². The molecule has 1 heterocycles. The van der Waals surface area contributed by atoms with Crippen LogP contribution in [0.5, 0.6) is 0 Å². The third kappa shape index (κ3) is 2.71. The minimum absolute atomic E-state index is 0.134. The van der Waals surface area contributed by atoms with Gasteiger partial charge in [-0.2, -0.15) is 5.26 Å². The van der Waals surface area contributed by atoms with Crippen LogP contribution in [0, 0.1) is 17.2 Å². The molecule has 0 aliphatic carbocycles. The average Bonchev–Trinajstić information content (AvgIpc) is 2.78. The molecule has 0 aromatic heterocycles. The van der Waals surface area contributed by atoms with Crippen molar-refractivity contribution in [3.63, 3.8) is 0 Å². The fourth-order valence-corrected chi connectivity index (χ4v) is 2.40. The summed E-state index contributed by atoms with van der Waals surface area (Å²) in [6.07, 6.45) is 0.527. The van der Waals surface area contributed by atoms with Gasteiger partial charge in [-0.05, 0) is 46.5 Å². The minimum atomic E-state index is -0.382. The molecular formula is C13H13BrN2O2. The molecule has 1 N–H and O–H groups in total. The molecule has 1 saturated heterocycles. The average molecular weight is 309 g/mol. The third-order valence-corrected chi connectivity index (χ3v) is 3.66. The highest BCUT2D eigenvalue weighted by molar-refractivity contribution is 9.10. The Balaban J connectivity index is 2.10. The van der Waals surface area contributed by atoms with Gasteiger partial charge in [0.05, 0.1) is 17.3 Å². The summed E-state index contributed by atoms with van der Waals surface area (Å²) < 4.78 is 6.10. The molecule has 18 heavy (non-hydrogen) atoms. The van der Waals surface area contributed by atoms with Gasteiger partial charge in [-0.25, -0.2) is 0 Å². The number of carbonyl (C=O) groups excluding carboxylic acids is 1. The number of benzene rings is 1. The molecule has 0 spiro atoms. The predicted molar refractivity (Wildman–Crippen MR) is 71.0 cm³/mol. The number of carbonyl (C=O) groups is 1. The highest BCUT2D eigenvalue weighted by atomic mass is 79.9. The van der Waals surface area contributed by atoms with Crippen LogP contribution >= 0.6 is 15.9 Å². The Hall–Kier alpha value is -1.38. The molecule has 2 unspecified atom stereocenters. The SMILES string of the molecule is CC1CCOC1C(=O)Nc1ccc(C#N)cc1Br. The van der Waals surface area contributed by atoms with E-state index in [0.29, 0.717) is 22.3 Å². The van der Waals surface area contributed by atoms with Crippen molar-refractivity contribution in [1.82, 2.24) is 0 Å². The van der Waals surface area contributed by atoms with E-state index >= 15 is 0 Å². The Bertz CT molecular complexity index is 510. The van der Waals surface area contributed by atoms with Gasteiger partial charge in [-0.15, -0.1) is 0 Å². The number of nitrogens with zero attached hydrogens (tertiary/aromatic N) is 1. The number of ether oxygens (including phenoxy) is 1. The number of nitrogens with one attached hydrogen (secondary N) is 1. The summed E-state index contributed by atoms with van der Waals surface area (Å²) in [5.41, 5.74) is 1.20. The van der Waals surface area contributed by atoms with E-state index in [-0.39, 0.29) is 17.9 Å². The van der Waals surface area contributed by atoms with Gasteiger partial charge in [-0.3, -0.25) is 4.79 Å². The normalized spacial score (nSPS) is 22.5. The lowest BCUT2D eigenvalue weighted by Crippen LogP contribution is -2.31. The molecule has 1 fully saturated rings. The Morgan fingerprint density at radius 2 is 2.39 bits per heavy atom. The smallest absolute Gasteiger partial charge is 0.253 e. The maximum atomic E-state index is 12.0. The molecule has 5 heteroatoms. The molecule has 1 amide bonds. The van der Waals surface area contributed by atoms with Crippen LogP contribution < -0.4 is 5.32 Å². The summed E-state index contributed by atoms with van der Waals surface area (Å²) in [7, 11) is 0. The highest BCUT2D eigenvalue weighted by Crippen LogP contribution is 2.26. The Morgan fingerprint density at radius 3 is 2.94 bits per heavy atom. The molecule has 0 bridgehead atoms. The van der Waals surface area contributed by atoms with Crippen LogP contribution in [0.4, 0.5) is 5.69 Å². The first-order chi connectivity index (χ1) is 8.61. The quantitative estimate of drug-likeness (QED) is 0.913. The minimum Gasteiger partial charge on any atom is -0.368 e. The summed E-state index contributed by atoms with van der Waals surface area (Å²) in [6, 6.07) is 7.09. The zero-order valence-corrected chi connectivity index (χ0v) is 11.5. The number of rotatable bonds is 2. The Labute approximate surface area is 114 Å². The first-order valence-electron chi connectivity index (χ1n) is 5.74. The van der Waals surface area contributed by atoms with Crippen LogP contribution in [0.15, 0.2) is 22.7 Å². The second-order valence-electron chi connectivity index (χ2n) is 4.35. The Kier molecular flexibility index (Phi) is 4.00. The van der Waals surface area contributed by atoms with Gasteiger partial charge < -0.3 is 10.1 Å². The molecule has 1 aromatic carbocycles. The molecular weight excluding hydrogens is 296 g/mol. The monoisotopic (exact) mass is 308 g/mol. The van der Waals surface area contributed by atoms with Crippen molar-refractivity contribution in [1.29, 1.82) is 5.26 Å². The lowest BCUT2D eigenvalue weighted by Gasteiger charge is -2.15. The van der Waals surface area contributed by atoms with Gasteiger partial charge in [0.1, 0.15) is 6.10 Å². The van der Waals surface area contributed by atoms with Crippen LogP contribution in [0.1, 0.15) is 18.9 Å². The fourth-order valence-electron chi connectivity index (χ4n) is 1.92. The number of hydrogen-bond donors (Lipinski definition) is 1. The molecule has 2 atom stereocenters. The first kappa shape index (κ1) is 13.1. The molecule has 2 rings (SSSR count). The molecule has 0 radical (unpaired) electrons. The maximum Gasteiger partial charge on any atom is 0.253 e. The maximum absolute atomic E-state index is 12.0. The van der Waals surface area contributed by atoms with Crippen LogP contribution in [0.2, 0.25) is 0 Å². The van der Waals surface area contributed by atoms with Crippen molar-refractivity contribution in [2.75, 3.05) is 11.9 Å². The van der Waals surface area contributed by atoms with E-state index in [1.54, 1.807) is 18.2 Å². The molecule has 1 aliphatic heterocycles. The van der Waals surface area contributed by atoms with E-state index in [9.17, 15) is 4.79 Å². The van der Waals surface area contributed by atoms with Crippen LogP contribution in [-0.2, 0) is 9.53 Å². The van der Waals surface area contributed by atoms with Crippen LogP contribution in [-0.4, -0.2) is 18.6 Å². The molecule has 0 saturated carbocycles. The number of halogens is 1. The number of anilines is 1. The molecule has 94 valence electrons. The van der Waals surface area contributed by atoms with Gasteiger partial charge >= 0.3 is 0 Å². The lowest BCUT2D eigenvalue weighted by molar-refractivity contribution is -0.126. The topological polar surface area (TPSA) is 62.1 Å². The van der Waals surface area contributed by atoms with E-state index < -0.39 is 0 Å². The van der Waals surface area contributed by atoms with Crippen molar-refractivity contribution in [3.05, 3.63) is 28.2 Å². The summed E-state index contributed by atoms with van der Waals surface area (Å²) in [6.45, 7) is 2.64. The third-order valence-electron chi connectivity index (χ3n) is 3.00. The van der Waals surface area contributed by atoms with E-state index in [0.717, 1.165) is 6.42 Å². The number of amides is 1. The first-order valence-corrected chi connectivity index (χ1v) is 6.53. The summed E-state index contributed by atoms with van der Waals surface area (Å²) in [4.78, 5) is 12.0. The molecule has 4 nitrogen and oxygen atoms in total. The molecule has 1 aliphatic rings. The van der Waals surface area contributed by atoms with Gasteiger partial charge in [0.2, 0.25) is 0 Å². The van der Waals surface area contributed by atoms with Crippen LogP contribution in [0.3, 0.4) is 0 Å². The Morgan fingerprint density at radius 1 is 1.61 bits per heavy atom. The second-order valence-corrected chi connectivity index (χ2v) is 5.21. The van der Waals surface area contributed by atoms with Crippen molar-refractivity contribution in [3.8, 4) is 6.07 Å². The van der Waals surface area contributed by atoms with Gasteiger partial charge in [0, 0.05) is 11.1 Å². The lowest BCUT2D eigenvalue weighted by atomic mass is 10.0. The van der Waals surface area contributed by atoms with Crippen molar-refractivity contribution >= 4 is 27.5 Å². The van der Waals surface area contributed by atoms with E-state index in [4.69, 9.17) is 10.00 Å². The van der Waals surface area contributed by atoms with E-state index in [1.807, 2.05) is 13.0 Å². The zero-order valence-electron chi connectivity index (χ0n) is 9.94. The summed E-state index contributed by atoms with van der Waals surface area (Å²) in [5.74, 6) is 0.104. The molecule has 1 aromatic rings. The summed E-state index contributed by atoms with van der Waals surface area (Å²) in [5, 5.41) is 11.6. The predicted octanol–water partition coefficient (Wildman–Crippen LogP) is 2.68. The fraction of sp³-hybridized carbons (Fsp3) is 0.385. The van der Waals surface area contributed by atoms with E-state index in [1.165, 1.54) is 0 Å². The highest BCUT2D eigenvalue weighted by Gasteiger charge is 2.31. The second kappa shape index (κ2) is 5.51. The van der Waals surface area contributed by atoms with E-state index in [2.05, 4.69) is 21.2 Å². The van der Waals surface area contributed by atoms with Gasteiger partial charge in [0.25, 0.3) is 5.91 Å².